The van der Waals surface area contributed by atoms with E-state index in [9.17, 15) is 9.59 Å². The molecule has 80 valence electrons. The van der Waals surface area contributed by atoms with Gasteiger partial charge in [0.2, 0.25) is 0 Å². The van der Waals surface area contributed by atoms with E-state index in [-0.39, 0.29) is 0 Å². The van der Waals surface area contributed by atoms with E-state index < -0.39 is 23.8 Å². The number of hydrogen-bond donors (Lipinski definition) is 1. The minimum atomic E-state index is -0.924. The zero-order chi connectivity index (χ0) is 10.7. The first kappa shape index (κ1) is 11.0. The van der Waals surface area contributed by atoms with Crippen LogP contribution in [0.2, 0.25) is 0 Å². The van der Waals surface area contributed by atoms with Gasteiger partial charge in [-0.15, -0.1) is 0 Å². The van der Waals surface area contributed by atoms with E-state index in [0.29, 0.717) is 19.7 Å². The average Bonchev–Trinajstić information content (AvgIpc) is 2.48. The molecule has 1 aliphatic rings. The molecule has 1 fully saturated rings. The third-order valence-electron chi connectivity index (χ3n) is 2.41. The average molecular weight is 201 g/mol. The van der Waals surface area contributed by atoms with Crippen LogP contribution in [0.1, 0.15) is 6.92 Å². The summed E-state index contributed by atoms with van der Waals surface area (Å²) in [4.78, 5) is 24.1. The second-order valence-electron chi connectivity index (χ2n) is 3.52. The first-order chi connectivity index (χ1) is 6.56. The van der Waals surface area contributed by atoms with Crippen molar-refractivity contribution in [3.63, 3.8) is 0 Å². The molecule has 0 aliphatic carbocycles. The van der Waals surface area contributed by atoms with Gasteiger partial charge in [0.05, 0.1) is 18.4 Å². The lowest BCUT2D eigenvalue weighted by Gasteiger charge is -2.12. The van der Waals surface area contributed by atoms with Crippen molar-refractivity contribution in [1.82, 2.24) is 4.90 Å². The molecule has 0 amide bonds. The Morgan fingerprint density at radius 3 is 2.50 bits per heavy atom. The summed E-state index contributed by atoms with van der Waals surface area (Å²) < 4.78 is 4.83. The SMILES string of the molecule is CCOC(=O)[C@@H]1CN(C)C[C@H]1C(=O)O. The van der Waals surface area contributed by atoms with Gasteiger partial charge in [-0.25, -0.2) is 0 Å². The fourth-order valence-electron chi connectivity index (χ4n) is 1.74. The molecule has 5 nitrogen and oxygen atoms in total. The lowest BCUT2D eigenvalue weighted by atomic mass is 9.96. The van der Waals surface area contributed by atoms with Crippen LogP contribution in [-0.2, 0) is 14.3 Å². The highest BCUT2D eigenvalue weighted by Crippen LogP contribution is 2.23. The van der Waals surface area contributed by atoms with Crippen LogP contribution in [0.25, 0.3) is 0 Å². The molecule has 0 aromatic carbocycles. The van der Waals surface area contributed by atoms with E-state index in [1.54, 1.807) is 14.0 Å². The van der Waals surface area contributed by atoms with Crippen LogP contribution in [0, 0.1) is 11.8 Å². The maximum Gasteiger partial charge on any atom is 0.311 e. The molecule has 1 saturated heterocycles. The van der Waals surface area contributed by atoms with E-state index in [4.69, 9.17) is 9.84 Å². The van der Waals surface area contributed by atoms with Crippen molar-refractivity contribution < 1.29 is 19.4 Å². The molecular formula is C9H15NO4. The number of aliphatic carboxylic acids is 1. The van der Waals surface area contributed by atoms with E-state index in [1.807, 2.05) is 4.90 Å². The maximum absolute atomic E-state index is 11.4. The molecule has 0 saturated carbocycles. The summed E-state index contributed by atoms with van der Waals surface area (Å²) in [6, 6.07) is 0. The predicted molar refractivity (Wildman–Crippen MR) is 48.7 cm³/mol. The van der Waals surface area contributed by atoms with Gasteiger partial charge in [-0.3, -0.25) is 9.59 Å². The van der Waals surface area contributed by atoms with Gasteiger partial charge in [-0.2, -0.15) is 0 Å². The van der Waals surface area contributed by atoms with Crippen molar-refractivity contribution >= 4 is 11.9 Å². The zero-order valence-corrected chi connectivity index (χ0v) is 8.40. The Bertz CT molecular complexity index is 241. The Hall–Kier alpha value is -1.10. The third kappa shape index (κ3) is 2.23. The second kappa shape index (κ2) is 4.41. The molecule has 0 bridgehead atoms. The molecule has 0 radical (unpaired) electrons. The largest absolute Gasteiger partial charge is 0.481 e. The van der Waals surface area contributed by atoms with E-state index in [2.05, 4.69) is 0 Å². The molecule has 0 spiro atoms. The number of esters is 1. The molecule has 5 heteroatoms. The second-order valence-corrected chi connectivity index (χ2v) is 3.52. The van der Waals surface area contributed by atoms with Gasteiger partial charge in [-0.05, 0) is 14.0 Å². The monoisotopic (exact) mass is 201 g/mol. The van der Waals surface area contributed by atoms with Crippen molar-refractivity contribution in [2.24, 2.45) is 11.8 Å². The molecule has 1 aliphatic heterocycles. The number of carbonyl (C=O) groups is 2. The first-order valence-electron chi connectivity index (χ1n) is 4.64. The smallest absolute Gasteiger partial charge is 0.311 e. The number of hydrogen-bond acceptors (Lipinski definition) is 4. The van der Waals surface area contributed by atoms with Crippen LogP contribution in [0.3, 0.4) is 0 Å². The van der Waals surface area contributed by atoms with Crippen molar-refractivity contribution in [2.45, 2.75) is 6.92 Å². The lowest BCUT2D eigenvalue weighted by molar-refractivity contribution is -0.155. The quantitative estimate of drug-likeness (QED) is 0.641. The van der Waals surface area contributed by atoms with Gasteiger partial charge < -0.3 is 14.7 Å². The van der Waals surface area contributed by atoms with Crippen LogP contribution >= 0.6 is 0 Å². The van der Waals surface area contributed by atoms with Crippen molar-refractivity contribution in [2.75, 3.05) is 26.7 Å². The molecule has 1 N–H and O–H groups in total. The molecule has 1 heterocycles. The minimum Gasteiger partial charge on any atom is -0.481 e. The Morgan fingerprint density at radius 2 is 2.00 bits per heavy atom. The number of nitrogens with zero attached hydrogens (tertiary/aromatic N) is 1. The van der Waals surface area contributed by atoms with Crippen LogP contribution in [-0.4, -0.2) is 48.7 Å². The van der Waals surface area contributed by atoms with Crippen LogP contribution in [0.15, 0.2) is 0 Å². The normalized spacial score (nSPS) is 27.6. The van der Waals surface area contributed by atoms with Gasteiger partial charge >= 0.3 is 11.9 Å². The number of ether oxygens (including phenoxy) is 1. The molecule has 14 heavy (non-hydrogen) atoms. The molecular weight excluding hydrogens is 186 g/mol. The summed E-state index contributed by atoms with van der Waals surface area (Å²) in [7, 11) is 1.80. The fraction of sp³-hybridized carbons (Fsp3) is 0.778. The fourth-order valence-corrected chi connectivity index (χ4v) is 1.74. The summed E-state index contributed by atoms with van der Waals surface area (Å²) in [5.41, 5.74) is 0. The summed E-state index contributed by atoms with van der Waals surface area (Å²) in [5.74, 6) is -2.46. The topological polar surface area (TPSA) is 66.8 Å². The van der Waals surface area contributed by atoms with E-state index >= 15 is 0 Å². The number of carbonyl (C=O) groups excluding carboxylic acids is 1. The van der Waals surface area contributed by atoms with Gasteiger partial charge in [0.15, 0.2) is 0 Å². The van der Waals surface area contributed by atoms with Crippen molar-refractivity contribution in [1.29, 1.82) is 0 Å². The van der Waals surface area contributed by atoms with Gasteiger partial charge in [0.25, 0.3) is 0 Å². The van der Waals surface area contributed by atoms with Crippen molar-refractivity contribution in [3.8, 4) is 0 Å². The Morgan fingerprint density at radius 1 is 1.43 bits per heavy atom. The summed E-state index contributed by atoms with van der Waals surface area (Å²) in [6.45, 7) is 2.90. The van der Waals surface area contributed by atoms with Gasteiger partial charge in [0.1, 0.15) is 0 Å². The first-order valence-corrected chi connectivity index (χ1v) is 4.64. The molecule has 0 aromatic rings. The number of carboxylic acid groups (broad SMARTS) is 1. The summed E-state index contributed by atoms with van der Waals surface area (Å²) in [5, 5.41) is 8.88. The molecule has 0 aromatic heterocycles. The Labute approximate surface area is 82.6 Å². The Balaban J connectivity index is 2.66. The lowest BCUT2D eigenvalue weighted by Crippen LogP contribution is -2.29. The summed E-state index contributed by atoms with van der Waals surface area (Å²) >= 11 is 0. The highest BCUT2D eigenvalue weighted by atomic mass is 16.5. The molecule has 1 rings (SSSR count). The molecule has 2 atom stereocenters. The van der Waals surface area contributed by atoms with Gasteiger partial charge in [-0.1, -0.05) is 0 Å². The number of carboxylic acids is 1. The zero-order valence-electron chi connectivity index (χ0n) is 8.40. The van der Waals surface area contributed by atoms with Crippen LogP contribution in [0.5, 0.6) is 0 Å². The van der Waals surface area contributed by atoms with Crippen LogP contribution in [0.4, 0.5) is 0 Å². The minimum absolute atomic E-state index is 0.297. The van der Waals surface area contributed by atoms with Crippen molar-refractivity contribution in [3.05, 3.63) is 0 Å². The Kier molecular flexibility index (Phi) is 3.46. The third-order valence-corrected chi connectivity index (χ3v) is 2.41. The van der Waals surface area contributed by atoms with E-state index in [1.165, 1.54) is 0 Å². The number of rotatable bonds is 3. The maximum atomic E-state index is 11.4. The predicted octanol–water partition coefficient (Wildman–Crippen LogP) is -0.188. The van der Waals surface area contributed by atoms with Crippen LogP contribution < -0.4 is 0 Å². The van der Waals surface area contributed by atoms with Gasteiger partial charge in [0, 0.05) is 13.1 Å². The highest BCUT2D eigenvalue weighted by molar-refractivity contribution is 5.82. The standard InChI is InChI=1S/C9H15NO4/c1-3-14-9(13)7-5-10(2)4-6(7)8(11)12/h6-7H,3-5H2,1-2H3,(H,11,12)/t6-,7-/m1/s1. The molecule has 0 unspecified atom stereocenters. The highest BCUT2D eigenvalue weighted by Gasteiger charge is 2.41. The summed E-state index contributed by atoms with van der Waals surface area (Å²) in [6.07, 6.45) is 0. The van der Waals surface area contributed by atoms with E-state index in [0.717, 1.165) is 0 Å². The number of likely N-dealkylation sites (tertiary alicyclic amines) is 1.